The minimum atomic E-state index is -0.543. The number of amides is 1. The Morgan fingerprint density at radius 2 is 1.62 bits per heavy atom. The van der Waals surface area contributed by atoms with Gasteiger partial charge in [0.05, 0.1) is 11.3 Å². The van der Waals surface area contributed by atoms with Crippen molar-refractivity contribution in [1.82, 2.24) is 4.90 Å². The maximum absolute atomic E-state index is 13.5. The van der Waals surface area contributed by atoms with Gasteiger partial charge in [0, 0.05) is 13.1 Å². The van der Waals surface area contributed by atoms with E-state index in [0.29, 0.717) is 13.1 Å². The number of benzene rings is 2. The van der Waals surface area contributed by atoms with Gasteiger partial charge in [-0.25, -0.2) is 4.39 Å². The number of para-hydroxylation sites is 1. The number of carbonyl (C=O) groups is 1. The smallest absolute Gasteiger partial charge is 0.256 e. The summed E-state index contributed by atoms with van der Waals surface area (Å²) < 4.78 is 13.5. The second-order valence-electron chi connectivity index (χ2n) is 5.26. The van der Waals surface area contributed by atoms with Gasteiger partial charge in [-0.15, -0.1) is 0 Å². The van der Waals surface area contributed by atoms with Crippen LogP contribution in [0.1, 0.15) is 21.5 Å². The van der Waals surface area contributed by atoms with Crippen molar-refractivity contribution >= 4 is 11.6 Å². The highest BCUT2D eigenvalue weighted by Gasteiger charge is 2.22. The van der Waals surface area contributed by atoms with Crippen molar-refractivity contribution < 1.29 is 9.18 Å². The molecule has 21 heavy (non-hydrogen) atoms. The van der Waals surface area contributed by atoms with Gasteiger partial charge in [-0.3, -0.25) is 4.79 Å². The van der Waals surface area contributed by atoms with Crippen LogP contribution in [0.5, 0.6) is 0 Å². The summed E-state index contributed by atoms with van der Waals surface area (Å²) in [6.45, 7) is 1.26. The van der Waals surface area contributed by atoms with Crippen molar-refractivity contribution in [2.75, 3.05) is 18.8 Å². The first kappa shape index (κ1) is 13.6. The molecular weight excluding hydrogens is 267 g/mol. The topological polar surface area (TPSA) is 46.3 Å². The molecule has 1 aliphatic rings. The van der Waals surface area contributed by atoms with E-state index in [1.807, 2.05) is 12.1 Å². The van der Waals surface area contributed by atoms with Gasteiger partial charge in [-0.1, -0.05) is 30.3 Å². The number of carbonyl (C=O) groups excluding carboxylic acids is 1. The molecular formula is C17H17FN2O. The van der Waals surface area contributed by atoms with Crippen molar-refractivity contribution in [3.8, 4) is 0 Å². The fourth-order valence-corrected chi connectivity index (χ4v) is 2.76. The summed E-state index contributed by atoms with van der Waals surface area (Å²) in [6.07, 6.45) is 1.63. The maximum atomic E-state index is 13.5. The Bertz CT molecular complexity index is 657. The second kappa shape index (κ2) is 5.56. The molecule has 0 atom stereocenters. The molecule has 0 saturated carbocycles. The molecule has 1 heterocycles. The monoisotopic (exact) mass is 284 g/mol. The minimum Gasteiger partial charge on any atom is -0.396 e. The van der Waals surface area contributed by atoms with Crippen LogP contribution in [-0.4, -0.2) is 23.9 Å². The average Bonchev–Trinajstić information content (AvgIpc) is 2.72. The molecule has 0 unspecified atom stereocenters. The summed E-state index contributed by atoms with van der Waals surface area (Å²) in [5.41, 5.74) is 8.43. The molecule has 0 fully saturated rings. The number of rotatable bonds is 1. The zero-order valence-electron chi connectivity index (χ0n) is 11.7. The van der Waals surface area contributed by atoms with Crippen molar-refractivity contribution in [2.24, 2.45) is 0 Å². The lowest BCUT2D eigenvalue weighted by atomic mass is 10.0. The molecule has 2 aromatic rings. The lowest BCUT2D eigenvalue weighted by molar-refractivity contribution is 0.0763. The fourth-order valence-electron chi connectivity index (χ4n) is 2.76. The lowest BCUT2D eigenvalue weighted by Gasteiger charge is -2.21. The number of fused-ring (bicyclic) bond motifs is 1. The number of nitrogens with two attached hydrogens (primary N) is 1. The fraction of sp³-hybridized carbons (Fsp3) is 0.235. The van der Waals surface area contributed by atoms with Crippen molar-refractivity contribution in [1.29, 1.82) is 0 Å². The van der Waals surface area contributed by atoms with E-state index in [9.17, 15) is 9.18 Å². The third kappa shape index (κ3) is 2.61. The Morgan fingerprint density at radius 1 is 1.00 bits per heavy atom. The lowest BCUT2D eigenvalue weighted by Crippen LogP contribution is -2.33. The molecule has 0 spiro atoms. The first-order chi connectivity index (χ1) is 10.2. The summed E-state index contributed by atoms with van der Waals surface area (Å²) in [5, 5.41) is 0. The molecule has 4 heteroatoms. The first-order valence-electron chi connectivity index (χ1n) is 7.07. The highest BCUT2D eigenvalue weighted by atomic mass is 19.1. The third-order valence-electron chi connectivity index (χ3n) is 3.99. The molecule has 0 bridgehead atoms. The van der Waals surface area contributed by atoms with Crippen LogP contribution in [0.15, 0.2) is 42.5 Å². The Balaban J connectivity index is 1.83. The van der Waals surface area contributed by atoms with Crippen LogP contribution in [0, 0.1) is 5.82 Å². The van der Waals surface area contributed by atoms with E-state index in [4.69, 9.17) is 5.73 Å². The van der Waals surface area contributed by atoms with Gasteiger partial charge in [0.25, 0.3) is 5.91 Å². The van der Waals surface area contributed by atoms with E-state index >= 15 is 0 Å². The molecule has 0 saturated heterocycles. The number of nitrogen functional groups attached to an aromatic ring is 1. The molecule has 3 rings (SSSR count). The van der Waals surface area contributed by atoms with E-state index in [2.05, 4.69) is 12.1 Å². The van der Waals surface area contributed by atoms with Gasteiger partial charge in [-0.2, -0.15) is 0 Å². The molecule has 1 aliphatic heterocycles. The van der Waals surface area contributed by atoms with Gasteiger partial charge in [-0.05, 0) is 36.1 Å². The number of hydrogen-bond donors (Lipinski definition) is 1. The number of anilines is 1. The average molecular weight is 284 g/mol. The Labute approximate surface area is 123 Å². The predicted octanol–water partition coefficient (Wildman–Crippen LogP) is 2.65. The zero-order valence-corrected chi connectivity index (χ0v) is 11.7. The highest BCUT2D eigenvalue weighted by molar-refractivity contribution is 5.99. The zero-order chi connectivity index (χ0) is 14.8. The third-order valence-corrected chi connectivity index (χ3v) is 3.99. The molecule has 2 aromatic carbocycles. The van der Waals surface area contributed by atoms with Gasteiger partial charge in [0.15, 0.2) is 0 Å². The van der Waals surface area contributed by atoms with Crippen LogP contribution >= 0.6 is 0 Å². The summed E-state index contributed by atoms with van der Waals surface area (Å²) in [6, 6.07) is 12.6. The van der Waals surface area contributed by atoms with Crippen LogP contribution < -0.4 is 5.73 Å². The van der Waals surface area contributed by atoms with Gasteiger partial charge < -0.3 is 10.6 Å². The van der Waals surface area contributed by atoms with Crippen LogP contribution in [-0.2, 0) is 12.8 Å². The van der Waals surface area contributed by atoms with E-state index in [-0.39, 0.29) is 17.2 Å². The Hall–Kier alpha value is -2.36. The van der Waals surface area contributed by atoms with E-state index in [1.165, 1.54) is 23.3 Å². The summed E-state index contributed by atoms with van der Waals surface area (Å²) >= 11 is 0. The summed E-state index contributed by atoms with van der Waals surface area (Å²) in [7, 11) is 0. The molecule has 0 aliphatic carbocycles. The van der Waals surface area contributed by atoms with Gasteiger partial charge in [0.1, 0.15) is 5.82 Å². The first-order valence-corrected chi connectivity index (χ1v) is 7.07. The number of halogens is 1. The standard InChI is InChI=1S/C17H17FN2O/c18-15-7-3-6-14(16(15)19)17(21)20-10-8-12-4-1-2-5-13(12)9-11-20/h1-7H,8-11,19H2. The van der Waals surface area contributed by atoms with Crippen LogP contribution in [0.2, 0.25) is 0 Å². The van der Waals surface area contributed by atoms with E-state index < -0.39 is 5.82 Å². The molecule has 2 N–H and O–H groups in total. The molecule has 108 valence electrons. The number of nitrogens with zero attached hydrogens (tertiary/aromatic N) is 1. The van der Waals surface area contributed by atoms with Crippen LogP contribution in [0.3, 0.4) is 0 Å². The minimum absolute atomic E-state index is 0.0655. The molecule has 3 nitrogen and oxygen atoms in total. The normalized spacial score (nSPS) is 14.4. The maximum Gasteiger partial charge on any atom is 0.256 e. The Morgan fingerprint density at radius 3 is 2.24 bits per heavy atom. The van der Waals surface area contributed by atoms with E-state index in [1.54, 1.807) is 11.0 Å². The highest BCUT2D eigenvalue weighted by Crippen LogP contribution is 2.21. The van der Waals surface area contributed by atoms with Gasteiger partial charge in [0.2, 0.25) is 0 Å². The molecule has 1 amide bonds. The van der Waals surface area contributed by atoms with Crippen LogP contribution in [0.25, 0.3) is 0 Å². The van der Waals surface area contributed by atoms with Gasteiger partial charge >= 0.3 is 0 Å². The predicted molar refractivity (Wildman–Crippen MR) is 80.6 cm³/mol. The van der Waals surface area contributed by atoms with Crippen LogP contribution in [0.4, 0.5) is 10.1 Å². The Kier molecular flexibility index (Phi) is 3.60. The van der Waals surface area contributed by atoms with Crippen molar-refractivity contribution in [3.63, 3.8) is 0 Å². The second-order valence-corrected chi connectivity index (χ2v) is 5.26. The summed E-state index contributed by atoms with van der Waals surface area (Å²) in [5.74, 6) is -0.737. The molecule has 0 aromatic heterocycles. The SMILES string of the molecule is Nc1c(F)cccc1C(=O)N1CCc2ccccc2CC1. The number of hydrogen-bond acceptors (Lipinski definition) is 2. The van der Waals surface area contributed by atoms with Crippen molar-refractivity contribution in [2.45, 2.75) is 12.8 Å². The van der Waals surface area contributed by atoms with E-state index in [0.717, 1.165) is 12.8 Å². The molecule has 0 radical (unpaired) electrons. The quantitative estimate of drug-likeness (QED) is 0.818. The summed E-state index contributed by atoms with van der Waals surface area (Å²) in [4.78, 5) is 14.3. The van der Waals surface area contributed by atoms with Crippen molar-refractivity contribution in [3.05, 3.63) is 65.0 Å². The largest absolute Gasteiger partial charge is 0.396 e.